The number of allylic oxidation sites excluding steroid dienone is 1. The van der Waals surface area contributed by atoms with E-state index in [1.165, 1.54) is 42.5 Å². The lowest BCUT2D eigenvalue weighted by molar-refractivity contribution is -0.122. The third-order valence-corrected chi connectivity index (χ3v) is 11.2. The number of nitrogens with one attached hydrogen (secondary N) is 2. The number of rotatable bonds is 7. The lowest BCUT2D eigenvalue weighted by atomic mass is 9.68. The maximum Gasteiger partial charge on any atom is 0.236 e. The molecular weight excluding hydrogens is 663 g/mol. The molecule has 0 saturated heterocycles. The minimum absolute atomic E-state index is 0.00311. The summed E-state index contributed by atoms with van der Waals surface area (Å²) in [6, 6.07) is 25.7. The van der Waals surface area contributed by atoms with Gasteiger partial charge in [0.15, 0.2) is 0 Å². The van der Waals surface area contributed by atoms with Crippen molar-refractivity contribution in [1.29, 1.82) is 0 Å². The molecule has 3 aliphatic rings. The first-order chi connectivity index (χ1) is 26.0. The van der Waals surface area contributed by atoms with Crippen LogP contribution < -0.4 is 10.6 Å². The Bertz CT molecular complexity index is 2010. The van der Waals surface area contributed by atoms with Gasteiger partial charge >= 0.3 is 0 Å². The largest absolute Gasteiger partial charge is 0.369 e. The predicted molar refractivity (Wildman–Crippen MR) is 214 cm³/mol. The monoisotopic (exact) mass is 714 g/mol. The van der Waals surface area contributed by atoms with E-state index in [1.54, 1.807) is 30.5 Å². The van der Waals surface area contributed by atoms with E-state index in [4.69, 9.17) is 0 Å². The number of carbonyl (C=O) groups excluding carboxylic acids is 1. The van der Waals surface area contributed by atoms with E-state index in [1.807, 2.05) is 56.4 Å². The van der Waals surface area contributed by atoms with Crippen LogP contribution in [0, 0.1) is 11.6 Å². The van der Waals surface area contributed by atoms with Crippen LogP contribution in [0.1, 0.15) is 107 Å². The molecule has 2 N–H and O–H groups in total. The lowest BCUT2D eigenvalue weighted by Gasteiger charge is -2.38. The molecule has 2 saturated carbocycles. The van der Waals surface area contributed by atoms with Crippen LogP contribution in [0.2, 0.25) is 0 Å². The Kier molecular flexibility index (Phi) is 12.7. The van der Waals surface area contributed by atoms with E-state index in [0.717, 1.165) is 73.6 Å². The molecule has 0 bridgehead atoms. The van der Waals surface area contributed by atoms with Crippen LogP contribution in [0.3, 0.4) is 0 Å². The smallest absolute Gasteiger partial charge is 0.236 e. The quantitative estimate of drug-likeness (QED) is 0.176. The number of hydrogen-bond donors (Lipinski definition) is 2. The highest BCUT2D eigenvalue weighted by atomic mass is 19.1. The molecule has 5 aromatic rings. The first-order valence-corrected chi connectivity index (χ1v) is 19.5. The van der Waals surface area contributed by atoms with Crippen LogP contribution in [-0.2, 0) is 22.0 Å². The molecule has 3 aliphatic carbocycles. The van der Waals surface area contributed by atoms with E-state index < -0.39 is 5.41 Å². The summed E-state index contributed by atoms with van der Waals surface area (Å²) in [5.41, 5.74) is 3.38. The maximum absolute atomic E-state index is 14.6. The predicted octanol–water partition coefficient (Wildman–Crippen LogP) is 11.7. The normalized spacial score (nSPS) is 16.9. The standard InChI is InChI=1S/C22H21FN2O.C22H25FN2.C2H6/c23-19-11-5-4-10-18(19)22(13-6-1-7-14-22)21(26)25-20-17-9-3-2-8-16(17)12-15-24-20;23-19-9-6-8-18(15-19)22(12-4-1-5-13-22)16-25-21-20-10-3-2-7-17(20)11-14-24-21;1-2/h2-5,8-12,15H,1,6-7,13-14H2,(H,24,25,26);3,6,8-11,14-15H,1-2,4-5,7,12-13,16H2,(H,24,25);1-2H3. The van der Waals surface area contributed by atoms with Crippen LogP contribution in [0.5, 0.6) is 0 Å². The highest BCUT2D eigenvalue weighted by Gasteiger charge is 2.43. The Morgan fingerprint density at radius 3 is 2.23 bits per heavy atom. The van der Waals surface area contributed by atoms with Crippen molar-refractivity contribution in [3.05, 3.63) is 137 Å². The topological polar surface area (TPSA) is 66.9 Å². The van der Waals surface area contributed by atoms with Crippen molar-refractivity contribution in [2.45, 2.75) is 102 Å². The number of hydrogen-bond acceptors (Lipinski definition) is 4. The third kappa shape index (κ3) is 8.51. The van der Waals surface area contributed by atoms with Gasteiger partial charge in [0, 0.05) is 40.9 Å². The van der Waals surface area contributed by atoms with Crippen LogP contribution in [-0.4, -0.2) is 22.4 Å². The van der Waals surface area contributed by atoms with Crippen molar-refractivity contribution in [1.82, 2.24) is 9.97 Å². The number of amides is 1. The molecule has 0 atom stereocenters. The minimum Gasteiger partial charge on any atom is -0.369 e. The molecule has 53 heavy (non-hydrogen) atoms. The van der Waals surface area contributed by atoms with Gasteiger partial charge in [-0.15, -0.1) is 0 Å². The van der Waals surface area contributed by atoms with Crippen molar-refractivity contribution in [3.8, 4) is 0 Å². The zero-order valence-corrected chi connectivity index (χ0v) is 31.1. The molecule has 0 radical (unpaired) electrons. The molecule has 5 nitrogen and oxygen atoms in total. The number of benzene rings is 3. The summed E-state index contributed by atoms with van der Waals surface area (Å²) in [6.07, 6.45) is 20.3. The fourth-order valence-electron chi connectivity index (χ4n) is 8.44. The van der Waals surface area contributed by atoms with Gasteiger partial charge < -0.3 is 10.6 Å². The molecule has 2 heterocycles. The van der Waals surface area contributed by atoms with Crippen LogP contribution in [0.4, 0.5) is 20.4 Å². The minimum atomic E-state index is -0.831. The second-order valence-electron chi connectivity index (χ2n) is 14.3. The van der Waals surface area contributed by atoms with E-state index in [-0.39, 0.29) is 23.0 Å². The second kappa shape index (κ2) is 17.7. The van der Waals surface area contributed by atoms with Crippen molar-refractivity contribution in [2.75, 3.05) is 17.2 Å². The second-order valence-corrected chi connectivity index (χ2v) is 14.3. The number of anilines is 2. The average molecular weight is 715 g/mol. The summed E-state index contributed by atoms with van der Waals surface area (Å²) < 4.78 is 28.4. The zero-order valence-electron chi connectivity index (χ0n) is 31.1. The van der Waals surface area contributed by atoms with E-state index in [2.05, 4.69) is 44.9 Å². The van der Waals surface area contributed by atoms with Gasteiger partial charge in [0.2, 0.25) is 5.91 Å². The van der Waals surface area contributed by atoms with Gasteiger partial charge in [-0.3, -0.25) is 4.79 Å². The average Bonchev–Trinajstić information content (AvgIpc) is 3.22. The summed E-state index contributed by atoms with van der Waals surface area (Å²) in [5, 5.41) is 8.53. The molecule has 1 amide bonds. The zero-order chi connectivity index (χ0) is 37.1. The van der Waals surface area contributed by atoms with Gasteiger partial charge in [-0.05, 0) is 85.4 Å². The molecule has 3 aromatic carbocycles. The van der Waals surface area contributed by atoms with Crippen molar-refractivity contribution >= 4 is 34.4 Å². The maximum atomic E-state index is 14.6. The Hall–Kier alpha value is -4.91. The molecule has 2 fully saturated rings. The summed E-state index contributed by atoms with van der Waals surface area (Å²) in [6.45, 7) is 4.81. The van der Waals surface area contributed by atoms with Crippen molar-refractivity contribution in [3.63, 3.8) is 0 Å². The number of nitrogens with zero attached hydrogens (tertiary/aromatic N) is 2. The molecule has 276 valence electrons. The SMILES string of the molecule is CC.Fc1cccc(C2(CNc3nccc4c3C=CCC4)CCCCC2)c1.O=C(Nc1nccc2ccccc12)C1(c2ccccc2F)CCCCC1. The highest BCUT2D eigenvalue weighted by Crippen LogP contribution is 2.42. The summed E-state index contributed by atoms with van der Waals surface area (Å²) in [7, 11) is 0. The third-order valence-electron chi connectivity index (χ3n) is 11.2. The van der Waals surface area contributed by atoms with Crippen LogP contribution in [0.15, 0.2) is 103 Å². The molecule has 0 spiro atoms. The molecule has 2 aromatic heterocycles. The van der Waals surface area contributed by atoms with E-state index in [9.17, 15) is 13.6 Å². The Morgan fingerprint density at radius 1 is 0.755 bits per heavy atom. The fraction of sp³-hybridized carbons (Fsp3) is 0.370. The summed E-state index contributed by atoms with van der Waals surface area (Å²) in [4.78, 5) is 22.3. The number of aromatic nitrogens is 2. The summed E-state index contributed by atoms with van der Waals surface area (Å²) >= 11 is 0. The van der Waals surface area contributed by atoms with E-state index >= 15 is 0 Å². The van der Waals surface area contributed by atoms with Crippen molar-refractivity contribution < 1.29 is 13.6 Å². The summed E-state index contributed by atoms with van der Waals surface area (Å²) in [5.74, 6) is 0.895. The van der Waals surface area contributed by atoms with Gasteiger partial charge in [-0.1, -0.05) is 119 Å². The van der Waals surface area contributed by atoms with Crippen LogP contribution in [0.25, 0.3) is 16.8 Å². The number of pyridine rings is 2. The first kappa shape index (κ1) is 37.8. The molecule has 8 rings (SSSR count). The lowest BCUT2D eigenvalue weighted by Crippen LogP contribution is -2.43. The Balaban J connectivity index is 0.000000173. The molecular formula is C46H52F2N4O. The van der Waals surface area contributed by atoms with Crippen molar-refractivity contribution in [2.24, 2.45) is 0 Å². The Labute approximate surface area is 313 Å². The molecule has 0 unspecified atom stereocenters. The number of halogens is 2. The number of carbonyl (C=O) groups is 1. The number of aryl methyl sites for hydroxylation is 1. The number of fused-ring (bicyclic) bond motifs is 2. The molecule has 0 aliphatic heterocycles. The van der Waals surface area contributed by atoms with Gasteiger partial charge in [0.1, 0.15) is 23.3 Å². The van der Waals surface area contributed by atoms with Gasteiger partial charge in [-0.2, -0.15) is 0 Å². The van der Waals surface area contributed by atoms with Crippen LogP contribution >= 0.6 is 0 Å². The van der Waals surface area contributed by atoms with Gasteiger partial charge in [0.05, 0.1) is 5.41 Å². The fourth-order valence-corrected chi connectivity index (χ4v) is 8.44. The highest BCUT2D eigenvalue weighted by molar-refractivity contribution is 6.04. The van der Waals surface area contributed by atoms with E-state index in [0.29, 0.717) is 24.2 Å². The molecule has 7 heteroatoms. The van der Waals surface area contributed by atoms with Gasteiger partial charge in [0.25, 0.3) is 0 Å². The Morgan fingerprint density at radius 2 is 1.45 bits per heavy atom. The first-order valence-electron chi connectivity index (χ1n) is 19.5. The van der Waals surface area contributed by atoms with Gasteiger partial charge in [-0.25, -0.2) is 18.7 Å².